The van der Waals surface area contributed by atoms with Crippen LogP contribution >= 0.6 is 15.9 Å². The normalized spacial score (nSPS) is 12.5. The minimum Gasteiger partial charge on any atom is -0.319 e. The van der Waals surface area contributed by atoms with Crippen LogP contribution in [-0.2, 0) is 6.42 Å². The van der Waals surface area contributed by atoms with Crippen LogP contribution in [0.5, 0.6) is 0 Å². The molecule has 0 amide bonds. The summed E-state index contributed by atoms with van der Waals surface area (Å²) in [7, 11) is 2.07. The molecule has 0 bridgehead atoms. The second kappa shape index (κ2) is 12.2. The lowest BCUT2D eigenvalue weighted by atomic mass is 9.93. The summed E-state index contributed by atoms with van der Waals surface area (Å²) in [5, 5.41) is 3.36. The molecule has 1 nitrogen and oxygen atoms in total. The van der Waals surface area contributed by atoms with Gasteiger partial charge in [-0.1, -0.05) is 79.9 Å². The molecular weight excluding hydrogens is 322 g/mol. The molecule has 2 heteroatoms. The van der Waals surface area contributed by atoms with E-state index in [1.807, 2.05) is 0 Å². The maximum atomic E-state index is 3.57. The number of rotatable bonds is 12. The van der Waals surface area contributed by atoms with Gasteiger partial charge in [0.05, 0.1) is 0 Å². The van der Waals surface area contributed by atoms with Crippen LogP contribution in [0.25, 0.3) is 0 Å². The highest BCUT2D eigenvalue weighted by atomic mass is 79.9. The van der Waals surface area contributed by atoms with Gasteiger partial charge in [0.2, 0.25) is 0 Å². The van der Waals surface area contributed by atoms with E-state index in [1.165, 1.54) is 67.8 Å². The standard InChI is InChI=1S/C19H32BrN/c1-3-4-5-6-7-8-9-11-18(16-21-2)14-17-12-10-13-19(20)15-17/h10,12-13,15,18,21H,3-9,11,14,16H2,1-2H3. The van der Waals surface area contributed by atoms with E-state index < -0.39 is 0 Å². The van der Waals surface area contributed by atoms with Crippen molar-refractivity contribution in [3.05, 3.63) is 34.3 Å². The molecule has 1 aromatic carbocycles. The van der Waals surface area contributed by atoms with Crippen molar-refractivity contribution in [2.75, 3.05) is 13.6 Å². The molecule has 0 heterocycles. The molecule has 0 saturated carbocycles. The van der Waals surface area contributed by atoms with Crippen molar-refractivity contribution in [1.29, 1.82) is 0 Å². The number of hydrogen-bond acceptors (Lipinski definition) is 1. The molecule has 0 aliphatic rings. The van der Waals surface area contributed by atoms with E-state index >= 15 is 0 Å². The predicted molar refractivity (Wildman–Crippen MR) is 97.9 cm³/mol. The Hall–Kier alpha value is -0.340. The summed E-state index contributed by atoms with van der Waals surface area (Å²) in [6.07, 6.45) is 12.3. The zero-order valence-electron chi connectivity index (χ0n) is 13.8. The molecule has 21 heavy (non-hydrogen) atoms. The Morgan fingerprint density at radius 2 is 1.76 bits per heavy atom. The lowest BCUT2D eigenvalue weighted by Gasteiger charge is -2.17. The maximum Gasteiger partial charge on any atom is 0.0177 e. The van der Waals surface area contributed by atoms with Gasteiger partial charge >= 0.3 is 0 Å². The van der Waals surface area contributed by atoms with Crippen molar-refractivity contribution in [2.24, 2.45) is 5.92 Å². The topological polar surface area (TPSA) is 12.0 Å². The number of hydrogen-bond donors (Lipinski definition) is 1. The van der Waals surface area contributed by atoms with Gasteiger partial charge in [-0.15, -0.1) is 0 Å². The number of nitrogens with one attached hydrogen (secondary N) is 1. The highest BCUT2D eigenvalue weighted by molar-refractivity contribution is 9.10. The first kappa shape index (κ1) is 18.7. The first-order valence-corrected chi connectivity index (χ1v) is 9.44. The SMILES string of the molecule is CCCCCCCCCC(CNC)Cc1cccc(Br)c1. The number of benzene rings is 1. The minimum absolute atomic E-state index is 0.764. The Bertz CT molecular complexity index is 364. The van der Waals surface area contributed by atoms with Gasteiger partial charge in [0.25, 0.3) is 0 Å². The Balaban J connectivity index is 2.23. The largest absolute Gasteiger partial charge is 0.319 e. The quantitative estimate of drug-likeness (QED) is 0.456. The molecule has 0 aromatic heterocycles. The van der Waals surface area contributed by atoms with Gasteiger partial charge in [0, 0.05) is 4.47 Å². The van der Waals surface area contributed by atoms with Crippen molar-refractivity contribution >= 4 is 15.9 Å². The summed E-state index contributed by atoms with van der Waals surface area (Å²) < 4.78 is 1.19. The molecule has 1 aromatic rings. The lowest BCUT2D eigenvalue weighted by molar-refractivity contribution is 0.432. The Kier molecular flexibility index (Phi) is 10.9. The summed E-state index contributed by atoms with van der Waals surface area (Å²) in [6, 6.07) is 8.75. The van der Waals surface area contributed by atoms with Gasteiger partial charge < -0.3 is 5.32 Å². The van der Waals surface area contributed by atoms with Gasteiger partial charge in [0.1, 0.15) is 0 Å². The van der Waals surface area contributed by atoms with Gasteiger partial charge in [-0.3, -0.25) is 0 Å². The van der Waals surface area contributed by atoms with Crippen LogP contribution in [0.1, 0.15) is 63.9 Å². The summed E-state index contributed by atoms with van der Waals surface area (Å²) in [4.78, 5) is 0. The molecule has 1 atom stereocenters. The van der Waals surface area contributed by atoms with Crippen molar-refractivity contribution < 1.29 is 0 Å². The molecule has 0 saturated heterocycles. The van der Waals surface area contributed by atoms with Crippen LogP contribution in [0.3, 0.4) is 0 Å². The first-order valence-electron chi connectivity index (χ1n) is 8.65. The van der Waals surface area contributed by atoms with E-state index in [4.69, 9.17) is 0 Å². The summed E-state index contributed by atoms with van der Waals surface area (Å²) in [5.41, 5.74) is 1.45. The number of halogens is 1. The van der Waals surface area contributed by atoms with E-state index in [1.54, 1.807) is 0 Å². The van der Waals surface area contributed by atoms with Crippen molar-refractivity contribution in [3.63, 3.8) is 0 Å². The predicted octanol–water partition coefficient (Wildman–Crippen LogP) is 5.97. The fraction of sp³-hybridized carbons (Fsp3) is 0.684. The lowest BCUT2D eigenvalue weighted by Crippen LogP contribution is -2.20. The second-order valence-electron chi connectivity index (χ2n) is 6.17. The molecule has 0 spiro atoms. The third-order valence-corrected chi connectivity index (χ3v) is 4.62. The summed E-state index contributed by atoms with van der Waals surface area (Å²) >= 11 is 3.57. The summed E-state index contributed by atoms with van der Waals surface area (Å²) in [6.45, 7) is 3.41. The summed E-state index contributed by atoms with van der Waals surface area (Å²) in [5.74, 6) is 0.764. The van der Waals surface area contributed by atoms with E-state index in [0.29, 0.717) is 0 Å². The third kappa shape index (κ3) is 9.31. The average molecular weight is 354 g/mol. The maximum absolute atomic E-state index is 3.57. The highest BCUT2D eigenvalue weighted by Crippen LogP contribution is 2.19. The van der Waals surface area contributed by atoms with E-state index in [9.17, 15) is 0 Å². The molecule has 0 fully saturated rings. The van der Waals surface area contributed by atoms with E-state index in [2.05, 4.69) is 59.5 Å². The monoisotopic (exact) mass is 353 g/mol. The van der Waals surface area contributed by atoms with Crippen LogP contribution in [0.4, 0.5) is 0 Å². The molecule has 0 aliphatic carbocycles. The molecule has 120 valence electrons. The van der Waals surface area contributed by atoms with E-state index in [-0.39, 0.29) is 0 Å². The first-order chi connectivity index (χ1) is 10.3. The molecular formula is C19H32BrN. The molecule has 0 radical (unpaired) electrons. The highest BCUT2D eigenvalue weighted by Gasteiger charge is 2.09. The third-order valence-electron chi connectivity index (χ3n) is 4.12. The minimum atomic E-state index is 0.764. The second-order valence-corrected chi connectivity index (χ2v) is 7.08. The van der Waals surface area contributed by atoms with E-state index in [0.717, 1.165) is 12.5 Å². The molecule has 1 unspecified atom stereocenters. The van der Waals surface area contributed by atoms with Gasteiger partial charge in [-0.05, 0) is 50.0 Å². The van der Waals surface area contributed by atoms with Crippen LogP contribution in [0.2, 0.25) is 0 Å². The Morgan fingerprint density at radius 1 is 1.05 bits per heavy atom. The van der Waals surface area contributed by atoms with Gasteiger partial charge in [-0.2, -0.15) is 0 Å². The average Bonchev–Trinajstić information content (AvgIpc) is 2.46. The molecule has 1 N–H and O–H groups in total. The van der Waals surface area contributed by atoms with Crippen LogP contribution in [0.15, 0.2) is 28.7 Å². The Labute approximate surface area is 140 Å². The van der Waals surface area contributed by atoms with Crippen LogP contribution in [-0.4, -0.2) is 13.6 Å². The van der Waals surface area contributed by atoms with Crippen molar-refractivity contribution in [2.45, 2.75) is 64.7 Å². The smallest absolute Gasteiger partial charge is 0.0177 e. The fourth-order valence-electron chi connectivity index (χ4n) is 2.95. The van der Waals surface area contributed by atoms with Gasteiger partial charge in [0.15, 0.2) is 0 Å². The zero-order chi connectivity index (χ0) is 15.3. The van der Waals surface area contributed by atoms with Gasteiger partial charge in [-0.25, -0.2) is 0 Å². The molecule has 1 rings (SSSR count). The van der Waals surface area contributed by atoms with Crippen LogP contribution in [0, 0.1) is 5.92 Å². The van der Waals surface area contributed by atoms with Crippen molar-refractivity contribution in [3.8, 4) is 0 Å². The van der Waals surface area contributed by atoms with Crippen LogP contribution < -0.4 is 5.32 Å². The molecule has 0 aliphatic heterocycles. The van der Waals surface area contributed by atoms with Crippen molar-refractivity contribution in [1.82, 2.24) is 5.32 Å². The Morgan fingerprint density at radius 3 is 2.43 bits per heavy atom. The fourth-order valence-corrected chi connectivity index (χ4v) is 3.40. The number of unbranched alkanes of at least 4 members (excludes halogenated alkanes) is 6. The zero-order valence-corrected chi connectivity index (χ0v) is 15.4.